The maximum absolute atomic E-state index is 13.3. The van der Waals surface area contributed by atoms with Gasteiger partial charge >= 0.3 is 6.18 Å². The number of hydrogen-bond donors (Lipinski definition) is 1. The molecule has 13 heteroatoms. The predicted octanol–water partition coefficient (Wildman–Crippen LogP) is 3.61. The molecule has 1 spiro atoms. The van der Waals surface area contributed by atoms with Crippen LogP contribution in [0.4, 0.5) is 19.0 Å². The summed E-state index contributed by atoms with van der Waals surface area (Å²) in [6, 6.07) is 5.16. The fourth-order valence-corrected chi connectivity index (χ4v) is 4.97. The lowest BCUT2D eigenvalue weighted by Crippen LogP contribution is -2.50. The second-order valence-electron chi connectivity index (χ2n) is 7.92. The van der Waals surface area contributed by atoms with Crippen LogP contribution >= 0.6 is 11.6 Å². The molecule has 2 aliphatic rings. The molecule has 2 aliphatic heterocycles. The fraction of sp³-hybridized carbons (Fsp3) is 0.429. The number of nitrogens with one attached hydrogen (secondary N) is 1. The van der Waals surface area contributed by atoms with Crippen molar-refractivity contribution in [2.24, 2.45) is 0 Å². The van der Waals surface area contributed by atoms with Gasteiger partial charge in [0, 0.05) is 37.2 Å². The molecule has 1 N–H and O–H groups in total. The van der Waals surface area contributed by atoms with Gasteiger partial charge in [0.15, 0.2) is 5.79 Å². The Hall–Kier alpha value is -2.41. The van der Waals surface area contributed by atoms with E-state index in [-0.39, 0.29) is 9.92 Å². The molecule has 1 aromatic carbocycles. The number of piperidine rings is 1. The molecular weight excluding hydrogens is 499 g/mol. The highest BCUT2D eigenvalue weighted by Crippen LogP contribution is 2.34. The number of sulfonamides is 1. The van der Waals surface area contributed by atoms with Gasteiger partial charge in [-0.2, -0.15) is 13.2 Å². The van der Waals surface area contributed by atoms with Gasteiger partial charge in [-0.05, 0) is 36.8 Å². The van der Waals surface area contributed by atoms with Crippen LogP contribution in [-0.2, 0) is 25.7 Å². The molecule has 0 bridgehead atoms. The Morgan fingerprint density at radius 3 is 2.38 bits per heavy atom. The summed E-state index contributed by atoms with van der Waals surface area (Å²) in [6.07, 6.45) is -1.73. The molecule has 34 heavy (non-hydrogen) atoms. The average molecular weight is 520 g/mol. The number of nitrogens with zero attached hydrogens (tertiary/aromatic N) is 2. The van der Waals surface area contributed by atoms with E-state index in [0.29, 0.717) is 51.0 Å². The van der Waals surface area contributed by atoms with Crippen molar-refractivity contribution < 1.29 is 35.9 Å². The highest BCUT2D eigenvalue weighted by Gasteiger charge is 2.39. The molecule has 0 aliphatic carbocycles. The number of halogens is 4. The minimum Gasteiger partial charge on any atom is -0.356 e. The van der Waals surface area contributed by atoms with Crippen molar-refractivity contribution in [1.29, 1.82) is 0 Å². The summed E-state index contributed by atoms with van der Waals surface area (Å²) >= 11 is 5.60. The van der Waals surface area contributed by atoms with Gasteiger partial charge in [0.1, 0.15) is 10.7 Å². The van der Waals surface area contributed by atoms with Gasteiger partial charge in [0.2, 0.25) is 0 Å². The third kappa shape index (κ3) is 5.29. The monoisotopic (exact) mass is 519 g/mol. The van der Waals surface area contributed by atoms with Gasteiger partial charge in [-0.1, -0.05) is 11.6 Å². The zero-order valence-corrected chi connectivity index (χ0v) is 19.3. The van der Waals surface area contributed by atoms with Crippen LogP contribution in [-0.4, -0.2) is 51.4 Å². The molecule has 8 nitrogen and oxygen atoms in total. The standard InChI is InChI=1S/C21H21ClF3N3O5S/c22-14-2-4-16(17(12-14)21(23,24)25)19(29)27-34(30,31)15-3-5-18(26-13-15)28-8-6-20(7-9-28)32-10-1-11-33-20/h2-5,12-13H,1,6-11H2,(H,27,29). The topological polar surface area (TPSA) is 97.8 Å². The molecule has 4 rings (SSSR count). The molecule has 0 saturated carbocycles. The number of pyridine rings is 1. The number of carbonyl (C=O) groups is 1. The van der Waals surface area contributed by atoms with Crippen molar-refractivity contribution in [2.45, 2.75) is 36.1 Å². The van der Waals surface area contributed by atoms with Gasteiger partial charge in [-0.25, -0.2) is 18.1 Å². The van der Waals surface area contributed by atoms with Crippen molar-refractivity contribution in [3.05, 3.63) is 52.7 Å². The van der Waals surface area contributed by atoms with E-state index in [4.69, 9.17) is 21.1 Å². The third-order valence-corrected chi connectivity index (χ3v) is 7.21. The number of benzene rings is 1. The molecule has 2 saturated heterocycles. The minimum atomic E-state index is -4.90. The highest BCUT2D eigenvalue weighted by atomic mass is 35.5. The number of amides is 1. The number of hydrogen-bond acceptors (Lipinski definition) is 7. The maximum Gasteiger partial charge on any atom is 0.417 e. The summed E-state index contributed by atoms with van der Waals surface area (Å²) in [5, 5.41) is -0.239. The van der Waals surface area contributed by atoms with Crippen LogP contribution in [0.1, 0.15) is 35.2 Å². The molecule has 0 radical (unpaired) electrons. The lowest BCUT2D eigenvalue weighted by atomic mass is 10.0. The Labute approximate surface area is 199 Å². The van der Waals surface area contributed by atoms with Crippen LogP contribution in [0.3, 0.4) is 0 Å². The van der Waals surface area contributed by atoms with Crippen LogP contribution in [0.5, 0.6) is 0 Å². The Morgan fingerprint density at radius 1 is 1.12 bits per heavy atom. The average Bonchev–Trinajstić information content (AvgIpc) is 2.79. The molecule has 2 fully saturated rings. The zero-order chi connectivity index (χ0) is 24.6. The predicted molar refractivity (Wildman–Crippen MR) is 116 cm³/mol. The Bertz CT molecular complexity index is 1160. The number of anilines is 1. The lowest BCUT2D eigenvalue weighted by Gasteiger charge is -2.43. The Morgan fingerprint density at radius 2 is 1.79 bits per heavy atom. The largest absolute Gasteiger partial charge is 0.417 e. The van der Waals surface area contributed by atoms with E-state index in [0.717, 1.165) is 24.8 Å². The summed E-state index contributed by atoms with van der Waals surface area (Å²) in [7, 11) is -4.47. The number of alkyl halides is 3. The first-order valence-electron chi connectivity index (χ1n) is 10.4. The normalized spacial score (nSPS) is 18.6. The van der Waals surface area contributed by atoms with E-state index in [1.54, 1.807) is 4.72 Å². The van der Waals surface area contributed by atoms with Gasteiger partial charge < -0.3 is 14.4 Å². The van der Waals surface area contributed by atoms with E-state index < -0.39 is 39.0 Å². The fourth-order valence-electron chi connectivity index (χ4n) is 3.89. The van der Waals surface area contributed by atoms with Gasteiger partial charge in [-0.15, -0.1) is 0 Å². The van der Waals surface area contributed by atoms with E-state index in [9.17, 15) is 26.4 Å². The van der Waals surface area contributed by atoms with E-state index in [2.05, 4.69) is 4.98 Å². The van der Waals surface area contributed by atoms with Crippen molar-refractivity contribution in [3.63, 3.8) is 0 Å². The van der Waals surface area contributed by atoms with Crippen molar-refractivity contribution in [3.8, 4) is 0 Å². The summed E-state index contributed by atoms with van der Waals surface area (Å²) < 4.78 is 78.3. The Kier molecular flexibility index (Phi) is 6.78. The SMILES string of the molecule is O=C(NS(=O)(=O)c1ccc(N2CCC3(CC2)OCCCO3)nc1)c1ccc(Cl)cc1C(F)(F)F. The molecular formula is C21H21ClF3N3O5S. The highest BCUT2D eigenvalue weighted by molar-refractivity contribution is 7.90. The molecule has 0 atom stereocenters. The molecule has 3 heterocycles. The summed E-state index contributed by atoms with van der Waals surface area (Å²) in [6.45, 7) is 2.48. The first kappa shape index (κ1) is 24.7. The number of aromatic nitrogens is 1. The summed E-state index contributed by atoms with van der Waals surface area (Å²) in [4.78, 5) is 18.1. The second-order valence-corrected chi connectivity index (χ2v) is 10.0. The van der Waals surface area contributed by atoms with E-state index in [1.165, 1.54) is 12.1 Å². The smallest absolute Gasteiger partial charge is 0.356 e. The van der Waals surface area contributed by atoms with Crippen LogP contribution in [0, 0.1) is 0 Å². The number of carbonyl (C=O) groups excluding carboxylic acids is 1. The van der Waals surface area contributed by atoms with Crippen LogP contribution in [0.15, 0.2) is 41.4 Å². The molecule has 1 amide bonds. The first-order chi connectivity index (χ1) is 16.0. The summed E-state index contributed by atoms with van der Waals surface area (Å²) in [5.74, 6) is -1.49. The van der Waals surface area contributed by atoms with Gasteiger partial charge in [0.25, 0.3) is 15.9 Å². The quantitative estimate of drug-likeness (QED) is 0.659. The molecule has 184 valence electrons. The van der Waals surface area contributed by atoms with Crippen LogP contribution < -0.4 is 9.62 Å². The molecule has 0 unspecified atom stereocenters. The lowest BCUT2D eigenvalue weighted by molar-refractivity contribution is -0.275. The van der Waals surface area contributed by atoms with Crippen LogP contribution in [0.25, 0.3) is 0 Å². The van der Waals surface area contributed by atoms with Crippen molar-refractivity contribution in [2.75, 3.05) is 31.2 Å². The number of rotatable bonds is 4. The zero-order valence-electron chi connectivity index (χ0n) is 17.8. The minimum absolute atomic E-state index is 0.239. The van der Waals surface area contributed by atoms with Gasteiger partial charge in [-0.3, -0.25) is 4.79 Å². The second kappa shape index (κ2) is 9.33. The third-order valence-electron chi connectivity index (χ3n) is 5.66. The Balaban J connectivity index is 1.45. The summed E-state index contributed by atoms with van der Waals surface area (Å²) in [5.41, 5.74) is -2.20. The van der Waals surface area contributed by atoms with E-state index in [1.807, 2.05) is 4.90 Å². The molecule has 2 aromatic rings. The van der Waals surface area contributed by atoms with Crippen molar-refractivity contribution in [1.82, 2.24) is 9.71 Å². The van der Waals surface area contributed by atoms with Gasteiger partial charge in [0.05, 0.1) is 24.3 Å². The molecule has 1 aromatic heterocycles. The first-order valence-corrected chi connectivity index (χ1v) is 12.3. The van der Waals surface area contributed by atoms with Crippen molar-refractivity contribution >= 4 is 33.3 Å². The van der Waals surface area contributed by atoms with E-state index >= 15 is 0 Å². The number of ether oxygens (including phenoxy) is 2. The maximum atomic E-state index is 13.3. The van der Waals surface area contributed by atoms with Crippen LogP contribution in [0.2, 0.25) is 5.02 Å².